The number of cyclic esters (lactones) is 1. The molecule has 0 aromatic carbocycles. The molecule has 1 saturated carbocycles. The van der Waals surface area contributed by atoms with Crippen molar-refractivity contribution >= 4 is 6.09 Å². The molecule has 2 fully saturated rings. The highest BCUT2D eigenvalue weighted by Crippen LogP contribution is 2.26. The maximum absolute atomic E-state index is 11.6. The predicted molar refractivity (Wildman–Crippen MR) is 54.0 cm³/mol. The van der Waals surface area contributed by atoms with Crippen molar-refractivity contribution in [1.29, 1.82) is 0 Å². The minimum Gasteiger partial charge on any atom is -0.442 e. The van der Waals surface area contributed by atoms with Crippen LogP contribution in [-0.4, -0.2) is 36.3 Å². The number of hydrogen-bond donors (Lipinski definition) is 1. The minimum atomic E-state index is -0.205. The summed E-state index contributed by atoms with van der Waals surface area (Å²) >= 11 is 0. The van der Waals surface area contributed by atoms with Crippen molar-refractivity contribution in [3.8, 4) is 0 Å². The van der Waals surface area contributed by atoms with Crippen LogP contribution in [0, 0.1) is 0 Å². The Bertz CT molecular complexity index is 229. The van der Waals surface area contributed by atoms with E-state index < -0.39 is 0 Å². The molecule has 1 aliphatic heterocycles. The highest BCUT2D eigenvalue weighted by molar-refractivity contribution is 5.70. The van der Waals surface area contributed by atoms with Gasteiger partial charge >= 0.3 is 6.09 Å². The summed E-state index contributed by atoms with van der Waals surface area (Å²) in [7, 11) is 0. The lowest BCUT2D eigenvalue weighted by Gasteiger charge is -2.28. The molecule has 1 saturated heterocycles. The molecule has 1 amide bonds. The average molecular weight is 214 g/mol. The number of amides is 1. The molecule has 15 heavy (non-hydrogen) atoms. The van der Waals surface area contributed by atoms with Crippen LogP contribution in [0.3, 0.4) is 0 Å². The lowest BCUT2D eigenvalue weighted by molar-refractivity contribution is 0.0460. The van der Waals surface area contributed by atoms with E-state index in [-0.39, 0.29) is 18.8 Å². The van der Waals surface area contributed by atoms with Crippen LogP contribution in [0.4, 0.5) is 4.79 Å². The van der Waals surface area contributed by atoms with Gasteiger partial charge in [-0.25, -0.2) is 10.7 Å². The van der Waals surface area contributed by atoms with Gasteiger partial charge in [0.05, 0.1) is 6.54 Å². The van der Waals surface area contributed by atoms with Gasteiger partial charge < -0.3 is 14.5 Å². The largest absolute Gasteiger partial charge is 0.442 e. The number of ether oxygens (including phenoxy) is 1. The molecule has 1 heterocycles. The molecule has 1 atom stereocenters. The van der Waals surface area contributed by atoms with E-state index in [4.69, 9.17) is 10.6 Å². The Labute approximate surface area is 89.5 Å². The van der Waals surface area contributed by atoms with Crippen LogP contribution >= 0.6 is 0 Å². The molecular weight excluding hydrogens is 196 g/mol. The molecule has 2 aliphatic rings. The van der Waals surface area contributed by atoms with E-state index in [9.17, 15) is 4.79 Å². The first-order valence-electron chi connectivity index (χ1n) is 5.60. The lowest BCUT2D eigenvalue weighted by Crippen LogP contribution is -2.38. The van der Waals surface area contributed by atoms with Gasteiger partial charge in [-0.2, -0.15) is 0 Å². The Morgan fingerprint density at radius 3 is 2.80 bits per heavy atom. The van der Waals surface area contributed by atoms with E-state index in [0.717, 1.165) is 12.8 Å². The van der Waals surface area contributed by atoms with Crippen LogP contribution in [-0.2, 0) is 9.57 Å². The summed E-state index contributed by atoms with van der Waals surface area (Å²) in [5.74, 6) is 4.97. The van der Waals surface area contributed by atoms with E-state index >= 15 is 0 Å². The quantitative estimate of drug-likeness (QED) is 0.713. The van der Waals surface area contributed by atoms with Crippen molar-refractivity contribution in [3.05, 3.63) is 0 Å². The summed E-state index contributed by atoms with van der Waals surface area (Å²) in [5.41, 5.74) is 0. The molecule has 0 radical (unpaired) electrons. The first kappa shape index (κ1) is 10.7. The summed E-state index contributed by atoms with van der Waals surface area (Å²) in [4.78, 5) is 17.9. The zero-order valence-corrected chi connectivity index (χ0v) is 8.85. The van der Waals surface area contributed by atoms with Crippen LogP contribution in [0.1, 0.15) is 32.1 Å². The van der Waals surface area contributed by atoms with Crippen LogP contribution in [0.15, 0.2) is 0 Å². The number of carbonyl (C=O) groups is 1. The monoisotopic (exact) mass is 214 g/mol. The zero-order valence-electron chi connectivity index (χ0n) is 8.85. The molecule has 0 aromatic heterocycles. The van der Waals surface area contributed by atoms with Crippen LogP contribution in [0.5, 0.6) is 0 Å². The second kappa shape index (κ2) is 4.81. The molecule has 5 nitrogen and oxygen atoms in total. The predicted octanol–water partition coefficient (Wildman–Crippen LogP) is 1.03. The van der Waals surface area contributed by atoms with E-state index in [1.807, 2.05) is 4.90 Å². The first-order chi connectivity index (χ1) is 7.31. The third-order valence-electron chi connectivity index (χ3n) is 3.20. The molecule has 0 bridgehead atoms. The summed E-state index contributed by atoms with van der Waals surface area (Å²) < 4.78 is 5.15. The van der Waals surface area contributed by atoms with Gasteiger partial charge in [0, 0.05) is 6.04 Å². The van der Waals surface area contributed by atoms with Crippen molar-refractivity contribution in [2.75, 3.05) is 13.2 Å². The van der Waals surface area contributed by atoms with Crippen molar-refractivity contribution in [2.45, 2.75) is 44.2 Å². The van der Waals surface area contributed by atoms with E-state index in [1.165, 1.54) is 19.3 Å². The fraction of sp³-hybridized carbons (Fsp3) is 0.900. The Kier molecular flexibility index (Phi) is 3.43. The van der Waals surface area contributed by atoms with E-state index in [0.29, 0.717) is 12.6 Å². The van der Waals surface area contributed by atoms with Crippen molar-refractivity contribution < 1.29 is 14.4 Å². The number of hydrogen-bond acceptors (Lipinski definition) is 4. The zero-order chi connectivity index (χ0) is 10.7. The standard InChI is InChI=1S/C10H18N2O3/c11-14-7-9-6-12(10(13)15-9)8-4-2-1-3-5-8/h8-9H,1-7,11H2. The lowest BCUT2D eigenvalue weighted by atomic mass is 9.94. The Hall–Kier alpha value is -0.810. The fourth-order valence-corrected chi connectivity index (χ4v) is 2.43. The van der Waals surface area contributed by atoms with E-state index in [1.54, 1.807) is 0 Å². The molecule has 5 heteroatoms. The molecule has 1 unspecified atom stereocenters. The average Bonchev–Trinajstić information content (AvgIpc) is 2.61. The maximum atomic E-state index is 11.6. The summed E-state index contributed by atoms with van der Waals surface area (Å²) in [5, 5.41) is 0. The number of carbonyl (C=O) groups excluding carboxylic acids is 1. The molecule has 0 aromatic rings. The topological polar surface area (TPSA) is 64.8 Å². The van der Waals surface area contributed by atoms with Crippen molar-refractivity contribution in [1.82, 2.24) is 4.90 Å². The van der Waals surface area contributed by atoms with Crippen LogP contribution < -0.4 is 5.90 Å². The van der Waals surface area contributed by atoms with Gasteiger partial charge in [-0.1, -0.05) is 19.3 Å². The molecule has 1 aliphatic carbocycles. The van der Waals surface area contributed by atoms with Gasteiger partial charge in [0.25, 0.3) is 0 Å². The molecule has 86 valence electrons. The smallest absolute Gasteiger partial charge is 0.410 e. The van der Waals surface area contributed by atoms with Crippen LogP contribution in [0.2, 0.25) is 0 Å². The summed E-state index contributed by atoms with van der Waals surface area (Å²) in [6.45, 7) is 0.912. The highest BCUT2D eigenvalue weighted by Gasteiger charge is 2.36. The third-order valence-corrected chi connectivity index (χ3v) is 3.20. The SMILES string of the molecule is NOCC1CN(C2CCCCC2)C(=O)O1. The normalized spacial score (nSPS) is 28.2. The van der Waals surface area contributed by atoms with Crippen molar-refractivity contribution in [3.63, 3.8) is 0 Å². The number of nitrogens with zero attached hydrogens (tertiary/aromatic N) is 1. The number of nitrogens with two attached hydrogens (primary N) is 1. The second-order valence-electron chi connectivity index (χ2n) is 4.28. The minimum absolute atomic E-state index is 0.190. The van der Waals surface area contributed by atoms with Gasteiger partial charge in [-0.15, -0.1) is 0 Å². The highest BCUT2D eigenvalue weighted by atomic mass is 16.6. The Balaban J connectivity index is 1.89. The van der Waals surface area contributed by atoms with Crippen LogP contribution in [0.25, 0.3) is 0 Å². The number of rotatable bonds is 3. The molecule has 0 spiro atoms. The third kappa shape index (κ3) is 2.41. The maximum Gasteiger partial charge on any atom is 0.410 e. The van der Waals surface area contributed by atoms with Gasteiger partial charge in [0.1, 0.15) is 12.7 Å². The van der Waals surface area contributed by atoms with Gasteiger partial charge in [0.15, 0.2) is 0 Å². The van der Waals surface area contributed by atoms with Gasteiger partial charge in [-0.3, -0.25) is 0 Å². The molecular formula is C10H18N2O3. The van der Waals surface area contributed by atoms with Gasteiger partial charge in [0.2, 0.25) is 0 Å². The Morgan fingerprint density at radius 1 is 1.40 bits per heavy atom. The molecule has 2 rings (SSSR count). The summed E-state index contributed by atoms with van der Waals surface area (Å²) in [6, 6.07) is 0.369. The second-order valence-corrected chi connectivity index (χ2v) is 4.28. The molecule has 2 N–H and O–H groups in total. The Morgan fingerprint density at radius 2 is 2.13 bits per heavy atom. The first-order valence-corrected chi connectivity index (χ1v) is 5.60. The van der Waals surface area contributed by atoms with Crippen molar-refractivity contribution in [2.24, 2.45) is 5.90 Å². The fourth-order valence-electron chi connectivity index (χ4n) is 2.43. The summed E-state index contributed by atoms with van der Waals surface area (Å²) in [6.07, 6.45) is 5.53. The van der Waals surface area contributed by atoms with Gasteiger partial charge in [-0.05, 0) is 12.8 Å². The van der Waals surface area contributed by atoms with E-state index in [2.05, 4.69) is 4.84 Å².